The molecule has 1 aliphatic carbocycles. The van der Waals surface area contributed by atoms with Crippen LogP contribution >= 0.6 is 0 Å². The molecule has 2 aliphatic rings. The van der Waals surface area contributed by atoms with Crippen LogP contribution in [0.25, 0.3) is 0 Å². The molecule has 1 aliphatic heterocycles. The Hall–Kier alpha value is -1.47. The van der Waals surface area contributed by atoms with Crippen molar-refractivity contribution in [3.8, 4) is 0 Å². The summed E-state index contributed by atoms with van der Waals surface area (Å²) in [5.74, 6) is 0. The highest BCUT2D eigenvalue weighted by Gasteiger charge is 2.41. The number of nitrogens with one attached hydrogen (secondary N) is 1. The summed E-state index contributed by atoms with van der Waals surface area (Å²) in [6.07, 6.45) is 4.03. The van der Waals surface area contributed by atoms with E-state index in [1.54, 1.807) is 6.08 Å². The zero-order chi connectivity index (χ0) is 19.8. The number of carbonyl (C=O) groups excluding carboxylic acids is 2. The number of carbonyl (C=O) groups is 1. The zero-order valence-corrected chi connectivity index (χ0v) is 16.6. The van der Waals surface area contributed by atoms with Crippen molar-refractivity contribution in [1.82, 2.24) is 5.32 Å². The van der Waals surface area contributed by atoms with Crippen LogP contribution in [0.15, 0.2) is 4.99 Å². The number of epoxide rings is 1. The fourth-order valence-corrected chi connectivity index (χ4v) is 4.01. The third-order valence-electron chi connectivity index (χ3n) is 4.86. The molecule has 2 fully saturated rings. The highest BCUT2D eigenvalue weighted by molar-refractivity contribution is 5.67. The van der Waals surface area contributed by atoms with E-state index < -0.39 is 6.09 Å². The SMILES string of the molecule is CC1(C)CC(N=C=O)CC(C)(CNC(=O)OCCOCCOCC2CO2)C1. The van der Waals surface area contributed by atoms with Gasteiger partial charge in [0.05, 0.1) is 39.1 Å². The Bertz CT molecular complexity index is 530. The molecule has 3 atom stereocenters. The van der Waals surface area contributed by atoms with Gasteiger partial charge in [-0.1, -0.05) is 20.8 Å². The average Bonchev–Trinajstić information content (AvgIpc) is 3.38. The number of hydrogen-bond donors (Lipinski definition) is 1. The van der Waals surface area contributed by atoms with Gasteiger partial charge in [0.15, 0.2) is 0 Å². The van der Waals surface area contributed by atoms with E-state index in [1.807, 2.05) is 0 Å². The second-order valence-corrected chi connectivity index (χ2v) is 8.57. The van der Waals surface area contributed by atoms with Crippen LogP contribution in [0.5, 0.6) is 0 Å². The Morgan fingerprint density at radius 3 is 2.59 bits per heavy atom. The number of aliphatic imine (C=N–C) groups is 1. The van der Waals surface area contributed by atoms with E-state index in [2.05, 4.69) is 31.1 Å². The highest BCUT2D eigenvalue weighted by atomic mass is 16.6. The Kier molecular flexibility index (Phi) is 8.23. The first kappa shape index (κ1) is 21.8. The normalized spacial score (nSPS) is 28.9. The van der Waals surface area contributed by atoms with Gasteiger partial charge in [0.25, 0.3) is 0 Å². The van der Waals surface area contributed by atoms with Gasteiger partial charge >= 0.3 is 6.09 Å². The number of nitrogens with zero attached hydrogens (tertiary/aromatic N) is 1. The standard InChI is InChI=1S/C19H32N2O6/c1-18(2)8-15(21-14-22)9-19(3,12-18)13-20-17(23)26-7-6-24-4-5-25-10-16-11-27-16/h15-16H,4-13H2,1-3H3,(H,20,23). The first-order valence-electron chi connectivity index (χ1n) is 9.57. The molecule has 154 valence electrons. The minimum Gasteiger partial charge on any atom is -0.447 e. The second kappa shape index (κ2) is 10.2. The van der Waals surface area contributed by atoms with Crippen molar-refractivity contribution < 1.29 is 28.5 Å². The lowest BCUT2D eigenvalue weighted by Crippen LogP contribution is -2.45. The van der Waals surface area contributed by atoms with Crippen LogP contribution in [0.2, 0.25) is 0 Å². The molecule has 0 bridgehead atoms. The van der Waals surface area contributed by atoms with Crippen LogP contribution in [0.1, 0.15) is 40.0 Å². The van der Waals surface area contributed by atoms with E-state index in [1.165, 1.54) is 0 Å². The van der Waals surface area contributed by atoms with Gasteiger partial charge in [0.1, 0.15) is 12.7 Å². The summed E-state index contributed by atoms with van der Waals surface area (Å²) in [7, 11) is 0. The van der Waals surface area contributed by atoms with Crippen LogP contribution in [0.3, 0.4) is 0 Å². The summed E-state index contributed by atoms with van der Waals surface area (Å²) in [6.45, 7) is 9.80. The van der Waals surface area contributed by atoms with Crippen LogP contribution in [-0.4, -0.2) is 70.5 Å². The molecule has 2 rings (SSSR count). The lowest BCUT2D eigenvalue weighted by molar-refractivity contribution is 0.0232. The molecule has 0 spiro atoms. The topological polar surface area (TPSA) is 98.8 Å². The summed E-state index contributed by atoms with van der Waals surface area (Å²) in [4.78, 5) is 26.4. The van der Waals surface area contributed by atoms with Crippen molar-refractivity contribution in [3.05, 3.63) is 0 Å². The molecule has 8 heteroatoms. The minimum absolute atomic E-state index is 0.0452. The summed E-state index contributed by atoms with van der Waals surface area (Å²) in [6, 6.07) is -0.0452. The molecular weight excluding hydrogens is 352 g/mol. The van der Waals surface area contributed by atoms with Gasteiger partial charge in [-0.05, 0) is 30.1 Å². The van der Waals surface area contributed by atoms with Crippen molar-refractivity contribution in [1.29, 1.82) is 0 Å². The van der Waals surface area contributed by atoms with E-state index in [4.69, 9.17) is 18.9 Å². The van der Waals surface area contributed by atoms with Crippen molar-refractivity contribution in [2.24, 2.45) is 15.8 Å². The largest absolute Gasteiger partial charge is 0.447 e. The molecular formula is C19H32N2O6. The maximum absolute atomic E-state index is 11.9. The Labute approximate surface area is 161 Å². The maximum Gasteiger partial charge on any atom is 0.407 e. The molecule has 1 heterocycles. The molecule has 8 nitrogen and oxygen atoms in total. The summed E-state index contributed by atoms with van der Waals surface area (Å²) < 4.78 is 20.9. The highest BCUT2D eigenvalue weighted by Crippen LogP contribution is 2.46. The molecule has 0 aromatic carbocycles. The van der Waals surface area contributed by atoms with Gasteiger partial charge in [-0.25, -0.2) is 14.6 Å². The zero-order valence-electron chi connectivity index (χ0n) is 16.6. The van der Waals surface area contributed by atoms with Crippen molar-refractivity contribution >= 4 is 12.2 Å². The summed E-state index contributed by atoms with van der Waals surface area (Å²) >= 11 is 0. The van der Waals surface area contributed by atoms with Gasteiger partial charge in [-0.15, -0.1) is 0 Å². The first-order chi connectivity index (χ1) is 12.8. The number of ether oxygens (including phenoxy) is 4. The third kappa shape index (κ3) is 8.84. The van der Waals surface area contributed by atoms with Crippen molar-refractivity contribution in [2.75, 3.05) is 46.2 Å². The lowest BCUT2D eigenvalue weighted by atomic mass is 9.63. The monoisotopic (exact) mass is 384 g/mol. The molecule has 1 saturated heterocycles. The van der Waals surface area contributed by atoms with Crippen molar-refractivity contribution in [2.45, 2.75) is 52.2 Å². The third-order valence-corrected chi connectivity index (χ3v) is 4.86. The smallest absolute Gasteiger partial charge is 0.407 e. The molecule has 3 unspecified atom stereocenters. The molecule has 1 amide bonds. The Morgan fingerprint density at radius 2 is 1.89 bits per heavy atom. The summed E-state index contributed by atoms with van der Waals surface area (Å²) in [5, 5.41) is 2.83. The molecule has 0 aromatic rings. The predicted molar refractivity (Wildman–Crippen MR) is 98.4 cm³/mol. The second-order valence-electron chi connectivity index (χ2n) is 8.57. The fraction of sp³-hybridized carbons (Fsp3) is 0.895. The van der Waals surface area contributed by atoms with Crippen LogP contribution in [-0.2, 0) is 23.7 Å². The van der Waals surface area contributed by atoms with Gasteiger partial charge in [-0.2, -0.15) is 0 Å². The molecule has 1 saturated carbocycles. The molecule has 1 N–H and O–H groups in total. The van der Waals surface area contributed by atoms with Gasteiger partial charge < -0.3 is 24.3 Å². The van der Waals surface area contributed by atoms with Crippen LogP contribution in [0.4, 0.5) is 4.79 Å². The molecule has 27 heavy (non-hydrogen) atoms. The number of rotatable bonds is 11. The number of amides is 1. The van der Waals surface area contributed by atoms with E-state index in [9.17, 15) is 9.59 Å². The van der Waals surface area contributed by atoms with E-state index in [-0.39, 0.29) is 29.6 Å². The molecule has 0 radical (unpaired) electrons. The fourth-order valence-electron chi connectivity index (χ4n) is 4.01. The average molecular weight is 384 g/mol. The maximum atomic E-state index is 11.9. The predicted octanol–water partition coefficient (Wildman–Crippen LogP) is 2.07. The quantitative estimate of drug-likeness (QED) is 0.253. The van der Waals surface area contributed by atoms with Crippen LogP contribution in [0, 0.1) is 10.8 Å². The van der Waals surface area contributed by atoms with E-state index >= 15 is 0 Å². The lowest BCUT2D eigenvalue weighted by Gasteiger charge is -2.45. The van der Waals surface area contributed by atoms with E-state index in [0.717, 1.165) is 25.9 Å². The Morgan fingerprint density at radius 1 is 1.19 bits per heavy atom. The first-order valence-corrected chi connectivity index (χ1v) is 9.57. The number of isocyanates is 1. The Balaban J connectivity index is 1.57. The summed E-state index contributed by atoms with van der Waals surface area (Å²) in [5.41, 5.74) is -0.0734. The minimum atomic E-state index is -0.458. The number of hydrogen-bond acceptors (Lipinski definition) is 7. The van der Waals surface area contributed by atoms with Gasteiger partial charge in [0.2, 0.25) is 6.08 Å². The van der Waals surface area contributed by atoms with Gasteiger partial charge in [0, 0.05) is 6.54 Å². The van der Waals surface area contributed by atoms with Gasteiger partial charge in [-0.3, -0.25) is 0 Å². The number of alkyl carbamates (subject to hydrolysis) is 1. The van der Waals surface area contributed by atoms with E-state index in [0.29, 0.717) is 33.0 Å². The van der Waals surface area contributed by atoms with Crippen LogP contribution < -0.4 is 5.32 Å². The molecule has 0 aromatic heterocycles. The van der Waals surface area contributed by atoms with Crippen molar-refractivity contribution in [3.63, 3.8) is 0 Å².